The number of pyridine rings is 1. The number of ether oxygens (including phenoxy) is 1. The lowest BCUT2D eigenvalue weighted by atomic mass is 10.1. The van der Waals surface area contributed by atoms with E-state index in [0.29, 0.717) is 5.69 Å². The lowest BCUT2D eigenvalue weighted by Crippen LogP contribution is -2.11. The third-order valence-electron chi connectivity index (χ3n) is 3.70. The van der Waals surface area contributed by atoms with Gasteiger partial charge in [-0.1, -0.05) is 18.2 Å². The van der Waals surface area contributed by atoms with E-state index in [2.05, 4.69) is 4.98 Å². The number of hydrogen-bond donors (Lipinski definition) is 0. The molecular formula is C17H16N2O3. The Morgan fingerprint density at radius 3 is 2.64 bits per heavy atom. The molecule has 0 bridgehead atoms. The van der Waals surface area contributed by atoms with Crippen LogP contribution >= 0.6 is 0 Å². The maximum Gasteiger partial charge on any atom is 0.356 e. The average molecular weight is 296 g/mol. The summed E-state index contributed by atoms with van der Waals surface area (Å²) in [5.74, 6) is -0.693. The van der Waals surface area contributed by atoms with Crippen LogP contribution in [-0.2, 0) is 11.8 Å². The van der Waals surface area contributed by atoms with Crippen LogP contribution in [-0.4, -0.2) is 27.9 Å². The summed E-state index contributed by atoms with van der Waals surface area (Å²) >= 11 is 0. The van der Waals surface area contributed by atoms with Crippen molar-refractivity contribution in [3.05, 3.63) is 41.7 Å². The highest BCUT2D eigenvalue weighted by Gasteiger charge is 2.20. The van der Waals surface area contributed by atoms with E-state index in [1.165, 1.54) is 6.92 Å². The molecule has 2 heterocycles. The second-order valence-corrected chi connectivity index (χ2v) is 5.11. The molecule has 112 valence electrons. The molecule has 0 saturated carbocycles. The summed E-state index contributed by atoms with van der Waals surface area (Å²) in [6.07, 6.45) is 0. The van der Waals surface area contributed by atoms with Crippen LogP contribution in [0.25, 0.3) is 21.8 Å². The molecule has 0 radical (unpaired) electrons. The van der Waals surface area contributed by atoms with Crippen molar-refractivity contribution in [3.8, 4) is 0 Å². The number of benzene rings is 1. The predicted octanol–water partition coefficient (Wildman–Crippen LogP) is 3.11. The van der Waals surface area contributed by atoms with Crippen LogP contribution in [0.15, 0.2) is 30.3 Å². The molecule has 0 atom stereocenters. The monoisotopic (exact) mass is 296 g/mol. The van der Waals surface area contributed by atoms with Gasteiger partial charge in [-0.2, -0.15) is 0 Å². The summed E-state index contributed by atoms with van der Waals surface area (Å²) in [6, 6.07) is 9.51. The highest BCUT2D eigenvalue weighted by molar-refractivity contribution is 6.15. The van der Waals surface area contributed by atoms with Crippen LogP contribution in [0.2, 0.25) is 0 Å². The van der Waals surface area contributed by atoms with Gasteiger partial charge >= 0.3 is 5.97 Å². The number of rotatable bonds is 3. The molecule has 0 saturated heterocycles. The number of hydrogen-bond acceptors (Lipinski definition) is 4. The molecule has 3 aromatic rings. The van der Waals surface area contributed by atoms with Crippen molar-refractivity contribution < 1.29 is 14.3 Å². The average Bonchev–Trinajstić information content (AvgIpc) is 2.80. The first kappa shape index (κ1) is 14.3. The van der Waals surface area contributed by atoms with E-state index < -0.39 is 5.97 Å². The highest BCUT2D eigenvalue weighted by Crippen LogP contribution is 2.30. The summed E-state index contributed by atoms with van der Waals surface area (Å²) in [5.41, 5.74) is 2.18. The van der Waals surface area contributed by atoms with Crippen molar-refractivity contribution in [2.24, 2.45) is 7.05 Å². The molecule has 0 aliphatic heterocycles. The van der Waals surface area contributed by atoms with Gasteiger partial charge in [0.15, 0.2) is 5.78 Å². The molecule has 0 amide bonds. The number of esters is 1. The van der Waals surface area contributed by atoms with Crippen LogP contribution in [0.3, 0.4) is 0 Å². The molecule has 5 heteroatoms. The normalized spacial score (nSPS) is 11.0. The van der Waals surface area contributed by atoms with E-state index in [9.17, 15) is 9.59 Å². The number of carbonyl (C=O) groups is 2. The zero-order valence-corrected chi connectivity index (χ0v) is 12.7. The van der Waals surface area contributed by atoms with Gasteiger partial charge in [-0.05, 0) is 19.1 Å². The molecule has 0 unspecified atom stereocenters. The first-order valence-corrected chi connectivity index (χ1v) is 7.10. The van der Waals surface area contributed by atoms with Gasteiger partial charge in [0, 0.05) is 30.3 Å². The minimum Gasteiger partial charge on any atom is -0.461 e. The first-order chi connectivity index (χ1) is 10.5. The molecular weight excluding hydrogens is 280 g/mol. The van der Waals surface area contributed by atoms with Gasteiger partial charge in [-0.15, -0.1) is 0 Å². The van der Waals surface area contributed by atoms with Gasteiger partial charge in [0.2, 0.25) is 0 Å². The van der Waals surface area contributed by atoms with Gasteiger partial charge in [-0.3, -0.25) is 4.79 Å². The van der Waals surface area contributed by atoms with E-state index in [1.54, 1.807) is 13.0 Å². The van der Waals surface area contributed by atoms with Gasteiger partial charge < -0.3 is 9.30 Å². The largest absolute Gasteiger partial charge is 0.461 e. The maximum absolute atomic E-state index is 12.0. The predicted molar refractivity (Wildman–Crippen MR) is 84.2 cm³/mol. The quantitative estimate of drug-likeness (QED) is 0.550. The molecule has 0 spiro atoms. The molecule has 0 aliphatic rings. The Morgan fingerprint density at radius 2 is 1.95 bits per heavy atom. The second kappa shape index (κ2) is 5.26. The van der Waals surface area contributed by atoms with Crippen LogP contribution < -0.4 is 0 Å². The van der Waals surface area contributed by atoms with Crippen molar-refractivity contribution in [1.29, 1.82) is 0 Å². The number of aromatic nitrogens is 2. The molecule has 2 aromatic heterocycles. The number of ketones is 1. The van der Waals surface area contributed by atoms with Gasteiger partial charge in [0.05, 0.1) is 12.1 Å². The zero-order valence-electron chi connectivity index (χ0n) is 12.7. The van der Waals surface area contributed by atoms with Crippen LogP contribution in [0.1, 0.15) is 34.8 Å². The van der Waals surface area contributed by atoms with Gasteiger partial charge in [0.25, 0.3) is 0 Å². The van der Waals surface area contributed by atoms with Gasteiger partial charge in [0.1, 0.15) is 11.4 Å². The molecule has 1 aromatic carbocycles. The highest BCUT2D eigenvalue weighted by atomic mass is 16.5. The summed E-state index contributed by atoms with van der Waals surface area (Å²) < 4.78 is 6.94. The summed E-state index contributed by atoms with van der Waals surface area (Å²) in [5, 5.41) is 1.82. The van der Waals surface area contributed by atoms with Crippen LogP contribution in [0.5, 0.6) is 0 Å². The Morgan fingerprint density at radius 1 is 1.23 bits per heavy atom. The van der Waals surface area contributed by atoms with Crippen molar-refractivity contribution in [3.63, 3.8) is 0 Å². The number of fused-ring (bicyclic) bond motifs is 3. The smallest absolute Gasteiger partial charge is 0.356 e. The van der Waals surface area contributed by atoms with E-state index >= 15 is 0 Å². The molecule has 22 heavy (non-hydrogen) atoms. The molecule has 3 rings (SSSR count). The van der Waals surface area contributed by atoms with E-state index in [-0.39, 0.29) is 18.1 Å². The fraction of sp³-hybridized carbons (Fsp3) is 0.235. The number of aryl methyl sites for hydroxylation is 1. The van der Waals surface area contributed by atoms with Crippen molar-refractivity contribution in [2.45, 2.75) is 13.8 Å². The summed E-state index contributed by atoms with van der Waals surface area (Å²) in [6.45, 7) is 3.46. The van der Waals surface area contributed by atoms with E-state index in [0.717, 1.165) is 21.8 Å². The molecule has 0 aliphatic carbocycles. The van der Waals surface area contributed by atoms with E-state index in [1.807, 2.05) is 35.9 Å². The minimum absolute atomic E-state index is 0.163. The SMILES string of the molecule is CCOC(=O)c1cc2c3ccccc3n(C)c2c(C(C)=O)n1. The molecule has 5 nitrogen and oxygen atoms in total. The Kier molecular flexibility index (Phi) is 3.41. The third-order valence-corrected chi connectivity index (χ3v) is 3.70. The van der Waals surface area contributed by atoms with Gasteiger partial charge in [-0.25, -0.2) is 9.78 Å². The van der Waals surface area contributed by atoms with Crippen molar-refractivity contribution >= 4 is 33.6 Å². The summed E-state index contributed by atoms with van der Waals surface area (Å²) in [7, 11) is 1.89. The second-order valence-electron chi connectivity index (χ2n) is 5.11. The Balaban J connectivity index is 2.43. The van der Waals surface area contributed by atoms with Crippen LogP contribution in [0.4, 0.5) is 0 Å². The Bertz CT molecular complexity index is 909. The van der Waals surface area contributed by atoms with Crippen LogP contribution in [0, 0.1) is 0 Å². The Hall–Kier alpha value is -2.69. The first-order valence-electron chi connectivity index (χ1n) is 7.10. The van der Waals surface area contributed by atoms with Crippen molar-refractivity contribution in [2.75, 3.05) is 6.61 Å². The topological polar surface area (TPSA) is 61.2 Å². The fourth-order valence-electron chi connectivity index (χ4n) is 2.75. The van der Waals surface area contributed by atoms with E-state index in [4.69, 9.17) is 4.74 Å². The summed E-state index contributed by atoms with van der Waals surface area (Å²) in [4.78, 5) is 28.2. The maximum atomic E-state index is 12.0. The Labute approximate surface area is 127 Å². The van der Waals surface area contributed by atoms with Crippen molar-refractivity contribution in [1.82, 2.24) is 9.55 Å². The fourth-order valence-corrected chi connectivity index (χ4v) is 2.75. The number of nitrogens with zero attached hydrogens (tertiary/aromatic N) is 2. The molecule has 0 N–H and O–H groups in total. The minimum atomic E-state index is -0.514. The molecule has 0 fully saturated rings. The standard InChI is InChI=1S/C17H16N2O3/c1-4-22-17(21)13-9-12-11-7-5-6-8-14(11)19(3)16(12)15(18-13)10(2)20/h5-9H,4H2,1-3H3. The number of para-hydroxylation sites is 1. The number of carbonyl (C=O) groups excluding carboxylic acids is 2. The number of Topliss-reactive ketones (excluding diaryl/α,β-unsaturated/α-hetero) is 1. The lowest BCUT2D eigenvalue weighted by Gasteiger charge is -2.06. The third kappa shape index (κ3) is 2.06. The zero-order chi connectivity index (χ0) is 15.9. The lowest BCUT2D eigenvalue weighted by molar-refractivity contribution is 0.0519.